The van der Waals surface area contributed by atoms with Gasteiger partial charge in [0.1, 0.15) is 0 Å². The number of cyclic esters (lactones) is 2. The minimum atomic E-state index is -0.579. The van der Waals surface area contributed by atoms with Crippen molar-refractivity contribution in [3.05, 3.63) is 12.2 Å². The van der Waals surface area contributed by atoms with Crippen molar-refractivity contribution < 1.29 is 38.7 Å². The maximum atomic E-state index is 9.92. The molecule has 0 amide bonds. The Balaban J connectivity index is 0.000000428. The molecule has 20 heavy (non-hydrogen) atoms. The van der Waals surface area contributed by atoms with Crippen molar-refractivity contribution in [1.82, 2.24) is 0 Å². The normalized spacial score (nSPS) is 13.1. The summed E-state index contributed by atoms with van der Waals surface area (Å²) >= 11 is 0. The highest BCUT2D eigenvalue weighted by atomic mass is 16.6. The summed E-state index contributed by atoms with van der Waals surface area (Å²) in [7, 11) is 0. The Kier molecular flexibility index (Phi) is 13.2. The molecule has 0 spiro atoms. The van der Waals surface area contributed by atoms with E-state index in [2.05, 4.69) is 4.74 Å². The molecule has 0 saturated heterocycles. The summed E-state index contributed by atoms with van der Waals surface area (Å²) in [5.41, 5.74) is 0. The van der Waals surface area contributed by atoms with Crippen molar-refractivity contribution in [2.75, 3.05) is 52.9 Å². The third-order valence-electron chi connectivity index (χ3n) is 1.77. The molecule has 0 aliphatic carbocycles. The Morgan fingerprint density at radius 1 is 0.750 bits per heavy atom. The van der Waals surface area contributed by atoms with Gasteiger partial charge in [-0.2, -0.15) is 0 Å². The number of hydrogen-bond donors (Lipinski definition) is 2. The fraction of sp³-hybridized carbons (Fsp3) is 0.667. The first-order chi connectivity index (χ1) is 9.70. The van der Waals surface area contributed by atoms with Crippen molar-refractivity contribution in [1.29, 1.82) is 0 Å². The molecule has 0 saturated carbocycles. The molecule has 1 heterocycles. The van der Waals surface area contributed by atoms with Gasteiger partial charge in [0.2, 0.25) is 0 Å². The molecule has 1 aliphatic heterocycles. The predicted molar refractivity (Wildman–Crippen MR) is 66.9 cm³/mol. The fourth-order valence-electron chi connectivity index (χ4n) is 0.974. The summed E-state index contributed by atoms with van der Waals surface area (Å²) in [6.07, 6.45) is 2.17. The van der Waals surface area contributed by atoms with Gasteiger partial charge in [0.25, 0.3) is 0 Å². The molecular formula is C12H20O8. The van der Waals surface area contributed by atoms with E-state index < -0.39 is 11.9 Å². The molecule has 8 heteroatoms. The summed E-state index contributed by atoms with van der Waals surface area (Å²) in [4.78, 5) is 19.8. The van der Waals surface area contributed by atoms with Crippen molar-refractivity contribution in [3.63, 3.8) is 0 Å². The van der Waals surface area contributed by atoms with Crippen LogP contribution in [0.25, 0.3) is 0 Å². The second kappa shape index (κ2) is 14.1. The first kappa shape index (κ1) is 18.7. The largest absolute Gasteiger partial charge is 0.394 e. The van der Waals surface area contributed by atoms with Gasteiger partial charge in [-0.3, -0.25) is 0 Å². The van der Waals surface area contributed by atoms with Gasteiger partial charge in [0, 0.05) is 12.2 Å². The highest BCUT2D eigenvalue weighted by Crippen LogP contribution is 1.92. The zero-order chi connectivity index (χ0) is 15.1. The van der Waals surface area contributed by atoms with E-state index in [1.54, 1.807) is 0 Å². The van der Waals surface area contributed by atoms with Gasteiger partial charge in [-0.15, -0.1) is 0 Å². The average molecular weight is 292 g/mol. The molecule has 0 fully saturated rings. The zero-order valence-corrected chi connectivity index (χ0v) is 11.2. The molecule has 1 aliphatic rings. The van der Waals surface area contributed by atoms with E-state index in [-0.39, 0.29) is 13.2 Å². The second-order valence-electron chi connectivity index (χ2n) is 3.36. The molecule has 0 atom stereocenters. The molecule has 0 unspecified atom stereocenters. The molecule has 1 rings (SSSR count). The molecule has 0 bridgehead atoms. The minimum absolute atomic E-state index is 0.0413. The highest BCUT2D eigenvalue weighted by Gasteiger charge is 2.10. The number of hydrogen-bond acceptors (Lipinski definition) is 8. The maximum absolute atomic E-state index is 9.92. The van der Waals surface area contributed by atoms with E-state index >= 15 is 0 Å². The van der Waals surface area contributed by atoms with Crippen LogP contribution >= 0.6 is 0 Å². The fourth-order valence-corrected chi connectivity index (χ4v) is 0.974. The number of carbonyl (C=O) groups is 2. The van der Waals surface area contributed by atoms with E-state index in [1.165, 1.54) is 0 Å². The van der Waals surface area contributed by atoms with Crippen molar-refractivity contribution >= 4 is 11.9 Å². The number of carbonyl (C=O) groups excluding carboxylic acids is 2. The first-order valence-corrected chi connectivity index (χ1v) is 6.09. The van der Waals surface area contributed by atoms with Crippen LogP contribution in [0.1, 0.15) is 0 Å². The number of aliphatic hydroxyl groups is 2. The number of ether oxygens (including phenoxy) is 4. The van der Waals surface area contributed by atoms with Gasteiger partial charge in [-0.05, 0) is 0 Å². The molecule has 0 radical (unpaired) electrons. The molecule has 116 valence electrons. The molecule has 2 N–H and O–H groups in total. The van der Waals surface area contributed by atoms with Gasteiger partial charge in [-0.25, -0.2) is 9.59 Å². The van der Waals surface area contributed by atoms with E-state index in [9.17, 15) is 9.59 Å². The van der Waals surface area contributed by atoms with Crippen LogP contribution in [0.15, 0.2) is 12.2 Å². The van der Waals surface area contributed by atoms with E-state index in [0.717, 1.165) is 12.2 Å². The Bertz CT molecular complexity index is 263. The Morgan fingerprint density at radius 3 is 1.35 bits per heavy atom. The maximum Gasteiger partial charge on any atom is 0.338 e. The smallest absolute Gasteiger partial charge is 0.338 e. The Hall–Kier alpha value is -1.32. The van der Waals surface area contributed by atoms with Crippen LogP contribution < -0.4 is 0 Å². The van der Waals surface area contributed by atoms with Crippen molar-refractivity contribution in [3.8, 4) is 0 Å². The lowest BCUT2D eigenvalue weighted by Crippen LogP contribution is -2.11. The average Bonchev–Trinajstić information content (AvgIpc) is 2.81. The Morgan fingerprint density at radius 2 is 1.10 bits per heavy atom. The zero-order valence-electron chi connectivity index (χ0n) is 11.2. The molecule has 8 nitrogen and oxygen atoms in total. The predicted octanol–water partition coefficient (Wildman–Crippen LogP) is -1.35. The summed E-state index contributed by atoms with van der Waals surface area (Å²) in [5.74, 6) is -1.16. The lowest BCUT2D eigenvalue weighted by molar-refractivity contribution is -0.150. The lowest BCUT2D eigenvalue weighted by atomic mass is 10.6. The van der Waals surface area contributed by atoms with Crippen LogP contribution in [-0.4, -0.2) is 75.0 Å². The highest BCUT2D eigenvalue weighted by molar-refractivity contribution is 6.04. The minimum Gasteiger partial charge on any atom is -0.394 e. The van der Waals surface area contributed by atoms with Crippen LogP contribution in [0.4, 0.5) is 0 Å². The van der Waals surface area contributed by atoms with Crippen LogP contribution in [0.3, 0.4) is 0 Å². The quantitative estimate of drug-likeness (QED) is 0.289. The Labute approximate surface area is 116 Å². The van der Waals surface area contributed by atoms with Crippen LogP contribution in [0.2, 0.25) is 0 Å². The number of rotatable bonds is 10. The van der Waals surface area contributed by atoms with Gasteiger partial charge in [0.05, 0.1) is 52.9 Å². The molecule has 0 aromatic rings. The first-order valence-electron chi connectivity index (χ1n) is 6.09. The standard InChI is InChI=1S/C8H18O5.C4H2O3/c9-1-3-11-5-7-13-8-6-12-4-2-10;5-3-1-2-4(6)7-3/h9-10H,1-8H2;1-2H. The van der Waals surface area contributed by atoms with Crippen LogP contribution in [0.5, 0.6) is 0 Å². The van der Waals surface area contributed by atoms with Crippen molar-refractivity contribution in [2.24, 2.45) is 0 Å². The summed E-state index contributed by atoms with van der Waals surface area (Å²) in [5, 5.41) is 16.7. The monoisotopic (exact) mass is 292 g/mol. The van der Waals surface area contributed by atoms with Gasteiger partial charge in [0.15, 0.2) is 0 Å². The summed E-state index contributed by atoms with van der Waals surface area (Å²) in [6.45, 7) is 2.76. The van der Waals surface area contributed by atoms with Gasteiger partial charge >= 0.3 is 11.9 Å². The SMILES string of the molecule is O=C1C=CC(=O)O1.OCCOCCOCCOCCO. The molecule has 0 aromatic heterocycles. The second-order valence-corrected chi connectivity index (χ2v) is 3.36. The van der Waals surface area contributed by atoms with Crippen molar-refractivity contribution in [2.45, 2.75) is 0 Å². The third-order valence-corrected chi connectivity index (χ3v) is 1.77. The van der Waals surface area contributed by atoms with Gasteiger partial charge < -0.3 is 29.2 Å². The van der Waals surface area contributed by atoms with E-state index in [0.29, 0.717) is 39.6 Å². The summed E-state index contributed by atoms with van der Waals surface area (Å²) < 4.78 is 19.0. The molecule has 0 aromatic carbocycles. The molecular weight excluding hydrogens is 272 g/mol. The lowest BCUT2D eigenvalue weighted by Gasteiger charge is -2.04. The van der Waals surface area contributed by atoms with Crippen LogP contribution in [-0.2, 0) is 28.5 Å². The van der Waals surface area contributed by atoms with Crippen LogP contribution in [0, 0.1) is 0 Å². The number of aliphatic hydroxyl groups excluding tert-OH is 2. The summed E-state index contributed by atoms with van der Waals surface area (Å²) in [6, 6.07) is 0. The van der Waals surface area contributed by atoms with E-state index in [1.807, 2.05) is 0 Å². The van der Waals surface area contributed by atoms with E-state index in [4.69, 9.17) is 24.4 Å². The van der Waals surface area contributed by atoms with Gasteiger partial charge in [-0.1, -0.05) is 0 Å². The topological polar surface area (TPSA) is 112 Å². The number of esters is 2. The third kappa shape index (κ3) is 13.1.